The van der Waals surface area contributed by atoms with Crippen LogP contribution in [0.2, 0.25) is 0 Å². The highest BCUT2D eigenvalue weighted by atomic mass is 32.2. The zero-order valence-corrected chi connectivity index (χ0v) is 20.1. The molecule has 2 N–H and O–H groups in total. The van der Waals surface area contributed by atoms with E-state index in [1.165, 1.54) is 54.4 Å². The summed E-state index contributed by atoms with van der Waals surface area (Å²) in [6.45, 7) is 8.31. The summed E-state index contributed by atoms with van der Waals surface area (Å²) in [5, 5.41) is 6.78. The molecule has 0 amide bonds. The molecular formula is C20H37N5O2S2. The van der Waals surface area contributed by atoms with Crippen molar-refractivity contribution in [1.29, 1.82) is 0 Å². The van der Waals surface area contributed by atoms with Crippen molar-refractivity contribution in [3.63, 3.8) is 0 Å². The van der Waals surface area contributed by atoms with E-state index >= 15 is 0 Å². The number of hydrogen-bond acceptors (Lipinski definition) is 5. The molecule has 0 aliphatic carbocycles. The lowest BCUT2D eigenvalue weighted by molar-refractivity contribution is 0.161. The normalized spacial score (nSPS) is 18.1. The van der Waals surface area contributed by atoms with Crippen LogP contribution in [-0.4, -0.2) is 70.4 Å². The fourth-order valence-electron chi connectivity index (χ4n) is 3.58. The SMILES string of the molecule is CN=C(NCc1ccc(S(=O)(=O)N(C)C)s1)NCC(C(C)C)N1CCCCCC1. The van der Waals surface area contributed by atoms with Crippen molar-refractivity contribution in [3.05, 3.63) is 17.0 Å². The fourth-order valence-corrected chi connectivity index (χ4v) is 6.04. The monoisotopic (exact) mass is 443 g/mol. The van der Waals surface area contributed by atoms with Crippen LogP contribution in [-0.2, 0) is 16.6 Å². The lowest BCUT2D eigenvalue weighted by atomic mass is 10.0. The second-order valence-electron chi connectivity index (χ2n) is 8.08. The van der Waals surface area contributed by atoms with Crippen molar-refractivity contribution in [1.82, 2.24) is 19.8 Å². The molecular weight excluding hydrogens is 406 g/mol. The number of rotatable bonds is 8. The van der Waals surface area contributed by atoms with Gasteiger partial charge in [0.25, 0.3) is 10.0 Å². The Hall–Kier alpha value is -1.16. The predicted molar refractivity (Wildman–Crippen MR) is 122 cm³/mol. The first-order valence-corrected chi connectivity index (χ1v) is 12.7. The van der Waals surface area contributed by atoms with Gasteiger partial charge in [-0.2, -0.15) is 0 Å². The maximum absolute atomic E-state index is 12.2. The van der Waals surface area contributed by atoms with Gasteiger partial charge < -0.3 is 10.6 Å². The van der Waals surface area contributed by atoms with Crippen molar-refractivity contribution in [2.24, 2.45) is 10.9 Å². The smallest absolute Gasteiger partial charge is 0.252 e. The van der Waals surface area contributed by atoms with Gasteiger partial charge in [-0.15, -0.1) is 11.3 Å². The van der Waals surface area contributed by atoms with Crippen molar-refractivity contribution < 1.29 is 8.42 Å². The number of nitrogens with one attached hydrogen (secondary N) is 2. The predicted octanol–water partition coefficient (Wildman–Crippen LogP) is 2.56. The van der Waals surface area contributed by atoms with Gasteiger partial charge in [0, 0.05) is 38.6 Å². The van der Waals surface area contributed by atoms with Gasteiger partial charge in [-0.3, -0.25) is 9.89 Å². The molecule has 1 aromatic rings. The highest BCUT2D eigenvalue weighted by molar-refractivity contribution is 7.91. The van der Waals surface area contributed by atoms with Crippen LogP contribution < -0.4 is 10.6 Å². The van der Waals surface area contributed by atoms with Gasteiger partial charge in [-0.1, -0.05) is 26.7 Å². The molecule has 7 nitrogen and oxygen atoms in total. The van der Waals surface area contributed by atoms with Gasteiger partial charge in [0.1, 0.15) is 4.21 Å². The average Bonchev–Trinajstić information content (AvgIpc) is 3.00. The third kappa shape index (κ3) is 6.94. The summed E-state index contributed by atoms with van der Waals surface area (Å²) in [6.07, 6.45) is 5.24. The van der Waals surface area contributed by atoms with Gasteiger partial charge in [0.2, 0.25) is 0 Å². The molecule has 0 radical (unpaired) electrons. The van der Waals surface area contributed by atoms with Crippen LogP contribution in [0.15, 0.2) is 21.3 Å². The first kappa shape index (κ1) is 24.1. The van der Waals surface area contributed by atoms with E-state index < -0.39 is 10.0 Å². The van der Waals surface area contributed by atoms with Gasteiger partial charge in [-0.05, 0) is 44.0 Å². The largest absolute Gasteiger partial charge is 0.355 e. The van der Waals surface area contributed by atoms with Crippen LogP contribution in [0.5, 0.6) is 0 Å². The van der Waals surface area contributed by atoms with E-state index in [4.69, 9.17) is 0 Å². The molecule has 1 unspecified atom stereocenters. The number of nitrogens with zero attached hydrogens (tertiary/aromatic N) is 3. The lowest BCUT2D eigenvalue weighted by Crippen LogP contribution is -2.49. The van der Waals surface area contributed by atoms with E-state index in [9.17, 15) is 8.42 Å². The molecule has 166 valence electrons. The summed E-state index contributed by atoms with van der Waals surface area (Å²) in [5.74, 6) is 1.31. The van der Waals surface area contributed by atoms with E-state index in [0.29, 0.717) is 22.7 Å². The number of likely N-dealkylation sites (tertiary alicyclic amines) is 1. The van der Waals surface area contributed by atoms with Crippen LogP contribution >= 0.6 is 11.3 Å². The minimum atomic E-state index is -3.37. The number of hydrogen-bond donors (Lipinski definition) is 2. The molecule has 1 saturated heterocycles. The molecule has 1 fully saturated rings. The van der Waals surface area contributed by atoms with Crippen LogP contribution in [0.3, 0.4) is 0 Å². The quantitative estimate of drug-likeness (QED) is 0.477. The lowest BCUT2D eigenvalue weighted by Gasteiger charge is -2.34. The molecule has 0 aromatic carbocycles. The zero-order valence-electron chi connectivity index (χ0n) is 18.4. The second-order valence-corrected chi connectivity index (χ2v) is 11.6. The molecule has 9 heteroatoms. The molecule has 2 heterocycles. The Kier molecular flexibility index (Phi) is 9.39. The maximum atomic E-state index is 12.2. The fraction of sp³-hybridized carbons (Fsp3) is 0.750. The van der Waals surface area contributed by atoms with E-state index in [0.717, 1.165) is 17.4 Å². The molecule has 0 bridgehead atoms. The van der Waals surface area contributed by atoms with Crippen LogP contribution in [0.25, 0.3) is 0 Å². The zero-order chi connectivity index (χ0) is 21.4. The van der Waals surface area contributed by atoms with Crippen molar-refractivity contribution in [2.45, 2.75) is 56.3 Å². The molecule has 1 aliphatic heterocycles. The Balaban J connectivity index is 1.91. The number of aliphatic imine (C=N–C) groups is 1. The number of guanidine groups is 1. The molecule has 1 atom stereocenters. The van der Waals surface area contributed by atoms with E-state index in [2.05, 4.69) is 34.4 Å². The Bertz CT molecular complexity index is 751. The average molecular weight is 444 g/mol. The van der Waals surface area contributed by atoms with Gasteiger partial charge in [-0.25, -0.2) is 12.7 Å². The summed E-state index contributed by atoms with van der Waals surface area (Å²) in [5.41, 5.74) is 0. The number of thiophene rings is 1. The third-order valence-corrected chi connectivity index (χ3v) is 8.75. The van der Waals surface area contributed by atoms with E-state index in [1.54, 1.807) is 27.2 Å². The van der Waals surface area contributed by atoms with Gasteiger partial charge in [0.05, 0.1) is 6.54 Å². The van der Waals surface area contributed by atoms with Crippen LogP contribution in [0.1, 0.15) is 44.4 Å². The number of sulfonamides is 1. The molecule has 0 saturated carbocycles. The highest BCUT2D eigenvalue weighted by Crippen LogP contribution is 2.23. The standard InChI is InChI=1S/C20H37N5O2S2/c1-16(2)18(25-12-8-6-7-9-13-25)15-23-20(21-3)22-14-17-10-11-19(28-17)29(26,27)24(4)5/h10-11,16,18H,6-9,12-15H2,1-5H3,(H2,21,22,23). The Morgan fingerprint density at radius 3 is 2.38 bits per heavy atom. The minimum Gasteiger partial charge on any atom is -0.355 e. The molecule has 2 rings (SSSR count). The summed E-state index contributed by atoms with van der Waals surface area (Å²) < 4.78 is 26.1. The van der Waals surface area contributed by atoms with Crippen molar-refractivity contribution >= 4 is 27.3 Å². The topological polar surface area (TPSA) is 77.0 Å². The molecule has 0 spiro atoms. The minimum absolute atomic E-state index is 0.364. The van der Waals surface area contributed by atoms with Gasteiger partial charge in [0.15, 0.2) is 5.96 Å². The summed E-state index contributed by atoms with van der Waals surface area (Å²) in [4.78, 5) is 7.92. The summed E-state index contributed by atoms with van der Waals surface area (Å²) in [7, 11) is 1.49. The van der Waals surface area contributed by atoms with E-state index in [-0.39, 0.29) is 0 Å². The van der Waals surface area contributed by atoms with E-state index in [1.807, 2.05) is 6.07 Å². The summed E-state index contributed by atoms with van der Waals surface area (Å²) >= 11 is 1.29. The first-order chi connectivity index (χ1) is 13.8. The molecule has 1 aromatic heterocycles. The molecule has 1 aliphatic rings. The van der Waals surface area contributed by atoms with Crippen molar-refractivity contribution in [3.8, 4) is 0 Å². The van der Waals surface area contributed by atoms with Crippen molar-refractivity contribution in [2.75, 3.05) is 40.8 Å². The van der Waals surface area contributed by atoms with Crippen LogP contribution in [0, 0.1) is 5.92 Å². The highest BCUT2D eigenvalue weighted by Gasteiger charge is 2.23. The maximum Gasteiger partial charge on any atom is 0.252 e. The van der Waals surface area contributed by atoms with Crippen LogP contribution in [0.4, 0.5) is 0 Å². The molecule has 29 heavy (non-hydrogen) atoms. The summed E-state index contributed by atoms with van der Waals surface area (Å²) in [6, 6.07) is 4.00. The second kappa shape index (κ2) is 11.3. The van der Waals surface area contributed by atoms with Gasteiger partial charge >= 0.3 is 0 Å². The third-order valence-electron chi connectivity index (χ3n) is 5.38. The first-order valence-electron chi connectivity index (χ1n) is 10.5. The Morgan fingerprint density at radius 2 is 1.83 bits per heavy atom. The Labute approximate surface area is 180 Å². The Morgan fingerprint density at radius 1 is 1.17 bits per heavy atom.